The van der Waals surface area contributed by atoms with Crippen molar-refractivity contribution in [1.29, 1.82) is 0 Å². The van der Waals surface area contributed by atoms with Crippen molar-refractivity contribution in [3.8, 4) is 5.69 Å². The van der Waals surface area contributed by atoms with Gasteiger partial charge in [-0.25, -0.2) is 9.48 Å². The molecule has 0 unspecified atom stereocenters. The Morgan fingerprint density at radius 3 is 2.40 bits per heavy atom. The Labute approximate surface area is 207 Å². The third-order valence-corrected chi connectivity index (χ3v) is 5.97. The van der Waals surface area contributed by atoms with Crippen molar-refractivity contribution in [2.75, 3.05) is 13.1 Å². The minimum atomic E-state index is -0.494. The van der Waals surface area contributed by atoms with Crippen molar-refractivity contribution < 1.29 is 14.3 Å². The zero-order valence-corrected chi connectivity index (χ0v) is 21.6. The summed E-state index contributed by atoms with van der Waals surface area (Å²) >= 11 is 0. The molecule has 0 radical (unpaired) electrons. The quantitative estimate of drug-likeness (QED) is 0.529. The molecular weight excluding hydrogens is 440 g/mol. The number of nitrogens with one attached hydrogen (secondary N) is 1. The van der Waals surface area contributed by atoms with Crippen LogP contribution in [0.25, 0.3) is 16.6 Å². The van der Waals surface area contributed by atoms with Gasteiger partial charge in [0.2, 0.25) is 0 Å². The average molecular weight is 477 g/mol. The molecule has 7 heteroatoms. The van der Waals surface area contributed by atoms with Gasteiger partial charge >= 0.3 is 6.09 Å². The van der Waals surface area contributed by atoms with Crippen LogP contribution < -0.4 is 5.32 Å². The van der Waals surface area contributed by atoms with Crippen LogP contribution in [-0.2, 0) is 4.74 Å². The van der Waals surface area contributed by atoms with Gasteiger partial charge in [0.15, 0.2) is 0 Å². The van der Waals surface area contributed by atoms with Gasteiger partial charge in [-0.15, -0.1) is 0 Å². The van der Waals surface area contributed by atoms with E-state index in [0.29, 0.717) is 17.6 Å². The number of likely N-dealkylation sites (tertiary alicyclic amines) is 1. The molecule has 35 heavy (non-hydrogen) atoms. The standard InChI is InChI=1S/C28H36N4O3/c1-27(2,3)29-25(33)23-11-7-9-21-18-32(30-24(21)23)22-14-12-19(13-15-22)20-10-8-16-31(17-20)26(34)35-28(4,5)6/h7,9,11-15,18,20H,8,10,16-17H2,1-6H3,(H,29,33)/t20-/m0/s1. The largest absolute Gasteiger partial charge is 0.444 e. The van der Waals surface area contributed by atoms with Gasteiger partial charge in [-0.05, 0) is 78.1 Å². The van der Waals surface area contributed by atoms with Gasteiger partial charge in [0.1, 0.15) is 11.1 Å². The number of rotatable bonds is 3. The van der Waals surface area contributed by atoms with Gasteiger partial charge in [0.25, 0.3) is 5.91 Å². The predicted octanol–water partition coefficient (Wildman–Crippen LogP) is 5.67. The number of carbonyl (C=O) groups excluding carboxylic acids is 2. The van der Waals surface area contributed by atoms with Crippen molar-refractivity contribution in [3.05, 3.63) is 59.8 Å². The summed E-state index contributed by atoms with van der Waals surface area (Å²) in [5.74, 6) is 0.144. The van der Waals surface area contributed by atoms with E-state index in [9.17, 15) is 9.59 Å². The Morgan fingerprint density at radius 1 is 1.03 bits per heavy atom. The van der Waals surface area contributed by atoms with Crippen LogP contribution in [0.15, 0.2) is 48.7 Å². The zero-order valence-electron chi connectivity index (χ0n) is 21.6. The number of ether oxygens (including phenoxy) is 1. The summed E-state index contributed by atoms with van der Waals surface area (Å²) in [5.41, 5.74) is 2.55. The van der Waals surface area contributed by atoms with Gasteiger partial charge in [-0.1, -0.05) is 24.3 Å². The molecule has 1 aromatic heterocycles. The maximum atomic E-state index is 12.8. The lowest BCUT2D eigenvalue weighted by Crippen LogP contribution is -2.42. The van der Waals surface area contributed by atoms with Crippen molar-refractivity contribution >= 4 is 22.9 Å². The number of hydrogen-bond acceptors (Lipinski definition) is 4. The molecule has 1 aliphatic rings. The van der Waals surface area contributed by atoms with Crippen molar-refractivity contribution in [1.82, 2.24) is 20.0 Å². The Morgan fingerprint density at radius 2 is 1.74 bits per heavy atom. The number of fused-ring (bicyclic) bond motifs is 1. The molecule has 2 aromatic carbocycles. The summed E-state index contributed by atoms with van der Waals surface area (Å²) in [6.45, 7) is 13.0. The molecule has 0 spiro atoms. The van der Waals surface area contributed by atoms with Crippen molar-refractivity contribution in [3.63, 3.8) is 0 Å². The zero-order chi connectivity index (χ0) is 25.4. The molecule has 1 atom stereocenters. The number of hydrogen-bond donors (Lipinski definition) is 1. The fourth-order valence-corrected chi connectivity index (χ4v) is 4.41. The second-order valence-corrected chi connectivity index (χ2v) is 11.4. The van der Waals surface area contributed by atoms with E-state index < -0.39 is 5.60 Å². The molecule has 4 rings (SSSR count). The normalized spacial score (nSPS) is 16.9. The number of amides is 2. The molecule has 2 heterocycles. The highest BCUT2D eigenvalue weighted by Gasteiger charge is 2.28. The first-order chi connectivity index (χ1) is 16.4. The maximum Gasteiger partial charge on any atom is 0.410 e. The lowest BCUT2D eigenvalue weighted by Gasteiger charge is -2.34. The molecule has 7 nitrogen and oxygen atoms in total. The van der Waals surface area contributed by atoms with Crippen molar-refractivity contribution in [2.45, 2.75) is 71.4 Å². The predicted molar refractivity (Wildman–Crippen MR) is 138 cm³/mol. The van der Waals surface area contributed by atoms with Gasteiger partial charge in [-0.2, -0.15) is 5.10 Å². The Hall–Kier alpha value is -3.35. The molecular formula is C28H36N4O3. The number of benzene rings is 2. The average Bonchev–Trinajstić information content (AvgIpc) is 3.21. The molecule has 1 aliphatic heterocycles. The first-order valence-electron chi connectivity index (χ1n) is 12.3. The van der Waals surface area contributed by atoms with Crippen LogP contribution in [0.5, 0.6) is 0 Å². The summed E-state index contributed by atoms with van der Waals surface area (Å²) in [7, 11) is 0. The van der Waals surface area contributed by atoms with Gasteiger partial charge in [0.05, 0.1) is 11.3 Å². The molecule has 1 N–H and O–H groups in total. The maximum absolute atomic E-state index is 12.8. The third kappa shape index (κ3) is 6.02. The minimum Gasteiger partial charge on any atom is -0.444 e. The van der Waals surface area contributed by atoms with Crippen LogP contribution >= 0.6 is 0 Å². The number of carbonyl (C=O) groups is 2. The first-order valence-corrected chi connectivity index (χ1v) is 12.3. The van der Waals surface area contributed by atoms with Crippen LogP contribution in [0, 0.1) is 0 Å². The van der Waals surface area contributed by atoms with Gasteiger partial charge in [-0.3, -0.25) is 4.79 Å². The fraction of sp³-hybridized carbons (Fsp3) is 0.464. The van der Waals surface area contributed by atoms with E-state index in [-0.39, 0.29) is 23.5 Å². The summed E-state index contributed by atoms with van der Waals surface area (Å²) < 4.78 is 7.38. The summed E-state index contributed by atoms with van der Waals surface area (Å²) in [4.78, 5) is 27.1. The van der Waals surface area contributed by atoms with Crippen LogP contribution in [0.1, 0.15) is 76.2 Å². The first kappa shape index (κ1) is 24.8. The molecule has 1 fully saturated rings. The Kier molecular flexibility index (Phi) is 6.62. The summed E-state index contributed by atoms with van der Waals surface area (Å²) in [5, 5.41) is 8.66. The molecule has 0 saturated carbocycles. The number of nitrogens with zero attached hydrogens (tertiary/aromatic N) is 3. The monoisotopic (exact) mass is 476 g/mol. The van der Waals surface area contributed by atoms with E-state index in [1.54, 1.807) is 0 Å². The SMILES string of the molecule is CC(C)(C)NC(=O)c1cccc2cn(-c3ccc([C@H]4CCCN(C(=O)OC(C)(C)C)C4)cc3)nc12. The fourth-order valence-electron chi connectivity index (χ4n) is 4.41. The van der Waals surface area contributed by atoms with Crippen LogP contribution in [-0.4, -0.2) is 50.9 Å². The molecule has 1 saturated heterocycles. The van der Waals surface area contributed by atoms with E-state index in [4.69, 9.17) is 9.84 Å². The van der Waals surface area contributed by atoms with E-state index in [0.717, 1.165) is 30.5 Å². The van der Waals surface area contributed by atoms with E-state index >= 15 is 0 Å². The number of piperidine rings is 1. The molecule has 0 aliphatic carbocycles. The molecule has 3 aromatic rings. The third-order valence-electron chi connectivity index (χ3n) is 5.97. The second kappa shape index (κ2) is 9.36. The van der Waals surface area contributed by atoms with Gasteiger partial charge < -0.3 is 15.0 Å². The minimum absolute atomic E-state index is 0.129. The Balaban J connectivity index is 1.52. The smallest absolute Gasteiger partial charge is 0.410 e. The highest BCUT2D eigenvalue weighted by Crippen LogP contribution is 2.29. The van der Waals surface area contributed by atoms with Crippen LogP contribution in [0.2, 0.25) is 0 Å². The molecule has 186 valence electrons. The second-order valence-electron chi connectivity index (χ2n) is 11.4. The van der Waals surface area contributed by atoms with Crippen LogP contribution in [0.4, 0.5) is 4.79 Å². The lowest BCUT2D eigenvalue weighted by molar-refractivity contribution is 0.0198. The van der Waals surface area contributed by atoms with Crippen LogP contribution in [0.3, 0.4) is 0 Å². The topological polar surface area (TPSA) is 76.5 Å². The van der Waals surface area contributed by atoms with Gasteiger partial charge in [0, 0.05) is 36.1 Å². The van der Waals surface area contributed by atoms with Crippen molar-refractivity contribution in [2.24, 2.45) is 0 Å². The van der Waals surface area contributed by atoms with E-state index in [1.165, 1.54) is 5.56 Å². The molecule has 0 bridgehead atoms. The highest BCUT2D eigenvalue weighted by atomic mass is 16.6. The highest BCUT2D eigenvalue weighted by molar-refractivity contribution is 6.05. The Bertz CT molecular complexity index is 1220. The van der Waals surface area contributed by atoms with E-state index in [1.807, 2.05) is 87.7 Å². The summed E-state index contributed by atoms with van der Waals surface area (Å²) in [6, 6.07) is 14.0. The van der Waals surface area contributed by atoms with E-state index in [2.05, 4.69) is 17.4 Å². The molecule has 2 amide bonds. The lowest BCUT2D eigenvalue weighted by atomic mass is 9.91. The number of aromatic nitrogens is 2. The summed E-state index contributed by atoms with van der Waals surface area (Å²) in [6.07, 6.45) is 3.70.